The van der Waals surface area contributed by atoms with Gasteiger partial charge in [-0.1, -0.05) is 35.8 Å². The zero-order valence-electron chi connectivity index (χ0n) is 14.3. The Morgan fingerprint density at radius 2 is 1.73 bits per heavy atom. The Kier molecular flexibility index (Phi) is 6.55. The number of amides is 2. The smallest absolute Gasteiger partial charge is 0.264 e. The van der Waals surface area contributed by atoms with Gasteiger partial charge in [-0.15, -0.1) is 0 Å². The molecule has 138 valence electrons. The molecule has 0 bridgehead atoms. The van der Waals surface area contributed by atoms with Crippen LogP contribution in [-0.2, 0) is 14.8 Å². The van der Waals surface area contributed by atoms with Crippen LogP contribution in [0.1, 0.15) is 30.6 Å². The summed E-state index contributed by atoms with van der Waals surface area (Å²) < 4.78 is 27.2. The van der Waals surface area contributed by atoms with Crippen molar-refractivity contribution in [2.45, 2.75) is 25.2 Å². The van der Waals surface area contributed by atoms with E-state index in [4.69, 9.17) is 0 Å². The van der Waals surface area contributed by atoms with Crippen LogP contribution in [0.2, 0.25) is 0 Å². The van der Waals surface area contributed by atoms with Gasteiger partial charge in [-0.2, -0.15) is 0 Å². The minimum atomic E-state index is -3.93. The molecule has 26 heavy (non-hydrogen) atoms. The Labute approximate surface area is 161 Å². The first-order valence-corrected chi connectivity index (χ1v) is 10.2. The largest absolute Gasteiger partial charge is 0.322 e. The second-order valence-electron chi connectivity index (χ2n) is 6.12. The molecule has 0 atom stereocenters. The third-order valence-corrected chi connectivity index (χ3v) is 5.23. The van der Waals surface area contributed by atoms with E-state index >= 15 is 0 Å². The van der Waals surface area contributed by atoms with Gasteiger partial charge in [-0.05, 0) is 48.4 Å². The van der Waals surface area contributed by atoms with E-state index < -0.39 is 15.9 Å². The zero-order chi connectivity index (χ0) is 19.3. The van der Waals surface area contributed by atoms with E-state index in [0.29, 0.717) is 11.3 Å². The topological polar surface area (TPSA) is 92.3 Å². The summed E-state index contributed by atoms with van der Waals surface area (Å²) in [7, 11) is -3.93. The van der Waals surface area contributed by atoms with Crippen molar-refractivity contribution in [3.8, 4) is 0 Å². The molecule has 2 amide bonds. The summed E-state index contributed by atoms with van der Waals surface area (Å²) in [6, 6.07) is 12.5. The number of nitrogens with one attached hydrogen (secondary N) is 2. The molecule has 6 nitrogen and oxygen atoms in total. The molecule has 8 heteroatoms. The number of benzene rings is 2. The molecule has 0 aliphatic rings. The van der Waals surface area contributed by atoms with Gasteiger partial charge in [0.15, 0.2) is 0 Å². The Balaban J connectivity index is 2.08. The van der Waals surface area contributed by atoms with Crippen LogP contribution in [0.25, 0.3) is 0 Å². The summed E-state index contributed by atoms with van der Waals surface area (Å²) in [5, 5.41) is 2.69. The van der Waals surface area contributed by atoms with Crippen LogP contribution < -0.4 is 10.0 Å². The fourth-order valence-electron chi connectivity index (χ4n) is 2.17. The molecule has 0 unspecified atom stereocenters. The van der Waals surface area contributed by atoms with E-state index in [2.05, 4.69) is 21.2 Å². The molecule has 2 aromatic rings. The molecule has 0 spiro atoms. The van der Waals surface area contributed by atoms with Crippen LogP contribution in [0.5, 0.6) is 0 Å². The Bertz CT molecular complexity index is 909. The van der Waals surface area contributed by atoms with Crippen molar-refractivity contribution in [1.29, 1.82) is 0 Å². The van der Waals surface area contributed by atoms with Gasteiger partial charge in [-0.3, -0.25) is 9.59 Å². The average molecular weight is 439 g/mol. The number of rotatable bonds is 6. The number of sulfonamides is 1. The van der Waals surface area contributed by atoms with Crippen LogP contribution >= 0.6 is 15.9 Å². The summed E-state index contributed by atoms with van der Waals surface area (Å²) in [6.45, 7) is 3.66. The molecule has 2 rings (SSSR count). The van der Waals surface area contributed by atoms with Crippen LogP contribution in [-0.4, -0.2) is 20.2 Å². The van der Waals surface area contributed by atoms with Gasteiger partial charge in [0.25, 0.3) is 15.9 Å². The van der Waals surface area contributed by atoms with Crippen molar-refractivity contribution in [2.75, 3.05) is 5.32 Å². The lowest BCUT2D eigenvalue weighted by Crippen LogP contribution is -2.31. The fourth-order valence-corrected chi connectivity index (χ4v) is 3.57. The lowest BCUT2D eigenvalue weighted by molar-refractivity contribution is -0.120. The SMILES string of the molecule is CC(C)CC(=O)NS(=O)(=O)c1ccc(NC(=O)c2cccc(Br)c2)cc1. The maximum absolute atomic E-state index is 12.2. The number of hydrogen-bond donors (Lipinski definition) is 2. The number of carbonyl (C=O) groups is 2. The average Bonchev–Trinajstić information content (AvgIpc) is 2.54. The first-order valence-electron chi connectivity index (χ1n) is 7.90. The maximum atomic E-state index is 12.2. The molecule has 0 fully saturated rings. The second-order valence-corrected chi connectivity index (χ2v) is 8.71. The van der Waals surface area contributed by atoms with Gasteiger partial charge in [-0.25, -0.2) is 13.1 Å². The molecule has 0 aromatic heterocycles. The number of hydrogen-bond acceptors (Lipinski definition) is 4. The lowest BCUT2D eigenvalue weighted by atomic mass is 10.1. The van der Waals surface area contributed by atoms with E-state index in [-0.39, 0.29) is 23.1 Å². The van der Waals surface area contributed by atoms with E-state index in [0.717, 1.165) is 4.47 Å². The Morgan fingerprint density at radius 3 is 2.31 bits per heavy atom. The zero-order valence-corrected chi connectivity index (χ0v) is 16.7. The third-order valence-electron chi connectivity index (χ3n) is 3.35. The predicted octanol–water partition coefficient (Wildman–Crippen LogP) is 3.55. The van der Waals surface area contributed by atoms with Gasteiger partial charge in [0.1, 0.15) is 0 Å². The molecule has 0 aliphatic heterocycles. The van der Waals surface area contributed by atoms with Crippen LogP contribution in [0.4, 0.5) is 5.69 Å². The second kappa shape index (κ2) is 8.46. The lowest BCUT2D eigenvalue weighted by Gasteiger charge is -2.10. The highest BCUT2D eigenvalue weighted by Gasteiger charge is 2.18. The van der Waals surface area contributed by atoms with Crippen molar-refractivity contribution in [3.05, 3.63) is 58.6 Å². The van der Waals surface area contributed by atoms with Gasteiger partial charge in [0.2, 0.25) is 5.91 Å². The first-order chi connectivity index (χ1) is 12.2. The van der Waals surface area contributed by atoms with Gasteiger partial charge >= 0.3 is 0 Å². The highest BCUT2D eigenvalue weighted by molar-refractivity contribution is 9.10. The summed E-state index contributed by atoms with van der Waals surface area (Å²) in [5.41, 5.74) is 0.916. The molecular weight excluding hydrogens is 420 g/mol. The Hall–Kier alpha value is -2.19. The summed E-state index contributed by atoms with van der Waals surface area (Å²) in [6.07, 6.45) is 0.125. The molecule has 0 saturated heterocycles. The highest BCUT2D eigenvalue weighted by atomic mass is 79.9. The first kappa shape index (κ1) is 20.1. The van der Waals surface area contributed by atoms with Gasteiger partial charge in [0, 0.05) is 22.1 Å². The molecule has 2 N–H and O–H groups in total. The molecule has 2 aromatic carbocycles. The Morgan fingerprint density at radius 1 is 1.08 bits per heavy atom. The normalized spacial score (nSPS) is 11.2. The van der Waals surface area contributed by atoms with Crippen molar-refractivity contribution in [3.63, 3.8) is 0 Å². The van der Waals surface area contributed by atoms with Crippen molar-refractivity contribution in [2.24, 2.45) is 5.92 Å². The third kappa shape index (κ3) is 5.67. The van der Waals surface area contributed by atoms with Gasteiger partial charge < -0.3 is 5.32 Å². The van der Waals surface area contributed by atoms with E-state index in [1.165, 1.54) is 24.3 Å². The maximum Gasteiger partial charge on any atom is 0.264 e. The standard InChI is InChI=1S/C18H19BrN2O4S/c1-12(2)10-17(22)21-26(24,25)16-8-6-15(7-9-16)20-18(23)13-4-3-5-14(19)11-13/h3-9,11-12H,10H2,1-2H3,(H,20,23)(H,21,22). The minimum Gasteiger partial charge on any atom is -0.322 e. The predicted molar refractivity (Wildman–Crippen MR) is 103 cm³/mol. The molecule has 0 radical (unpaired) electrons. The van der Waals surface area contributed by atoms with Gasteiger partial charge in [0.05, 0.1) is 4.90 Å². The van der Waals surface area contributed by atoms with Crippen LogP contribution in [0.15, 0.2) is 57.9 Å². The monoisotopic (exact) mass is 438 g/mol. The van der Waals surface area contributed by atoms with E-state index in [1.807, 2.05) is 24.6 Å². The molecule has 0 heterocycles. The van der Waals surface area contributed by atoms with Crippen molar-refractivity contribution in [1.82, 2.24) is 4.72 Å². The van der Waals surface area contributed by atoms with Crippen LogP contribution in [0.3, 0.4) is 0 Å². The number of anilines is 1. The molecule has 0 saturated carbocycles. The van der Waals surface area contributed by atoms with E-state index in [1.54, 1.807) is 18.2 Å². The summed E-state index contributed by atoms with van der Waals surface area (Å²) in [5.74, 6) is -0.806. The highest BCUT2D eigenvalue weighted by Crippen LogP contribution is 2.17. The number of halogens is 1. The van der Waals surface area contributed by atoms with Crippen molar-refractivity contribution >= 4 is 43.5 Å². The number of carbonyl (C=O) groups excluding carboxylic acids is 2. The van der Waals surface area contributed by atoms with E-state index in [9.17, 15) is 18.0 Å². The summed E-state index contributed by atoms with van der Waals surface area (Å²) in [4.78, 5) is 23.8. The van der Waals surface area contributed by atoms with Crippen LogP contribution in [0, 0.1) is 5.92 Å². The molecular formula is C18H19BrN2O4S. The summed E-state index contributed by atoms with van der Waals surface area (Å²) >= 11 is 3.30. The molecule has 0 aliphatic carbocycles. The van der Waals surface area contributed by atoms with Crippen molar-refractivity contribution < 1.29 is 18.0 Å². The minimum absolute atomic E-state index is 0.0462. The quantitative estimate of drug-likeness (QED) is 0.720. The fraction of sp³-hybridized carbons (Fsp3) is 0.222.